The van der Waals surface area contributed by atoms with Crippen LogP contribution in [0.15, 0.2) is 12.2 Å². The van der Waals surface area contributed by atoms with Crippen LogP contribution >= 0.6 is 11.8 Å². The number of allylic oxidation sites excluding steroid dienone is 2. The van der Waals surface area contributed by atoms with E-state index in [1.807, 2.05) is 87.4 Å². The van der Waals surface area contributed by atoms with E-state index in [1.165, 1.54) is 104 Å². The number of carbonyl (C=O) groups excluding carboxylic acids is 11. The Morgan fingerprint density at radius 2 is 0.870 bits per heavy atom. The Balaban J connectivity index is 4.53. The molecule has 0 aromatic heterocycles. The minimum Gasteiger partial charge on any atom is -0.390 e. The summed E-state index contributed by atoms with van der Waals surface area (Å²) in [5.41, 5.74) is 0. The van der Waals surface area contributed by atoms with Crippen molar-refractivity contribution in [2.75, 3.05) is 81.5 Å². The van der Waals surface area contributed by atoms with Gasteiger partial charge < -0.3 is 65.6 Å². The van der Waals surface area contributed by atoms with Gasteiger partial charge in [0.2, 0.25) is 65.0 Å². The average molecular weight is 1320 g/mol. The molecule has 0 radical (unpaired) electrons. The fourth-order valence-corrected chi connectivity index (χ4v) is 12.7. The molecule has 1 rings (SSSR count). The van der Waals surface area contributed by atoms with Crippen molar-refractivity contribution < 1.29 is 57.8 Å². The number of aliphatic hydroxyl groups is 1. The molecule has 0 aromatic rings. The summed E-state index contributed by atoms with van der Waals surface area (Å²) >= 11 is 1.41. The molecule has 0 saturated carbocycles. The summed E-state index contributed by atoms with van der Waals surface area (Å²) in [5, 5.41) is 23.5. The molecule has 1 aliphatic heterocycles. The van der Waals surface area contributed by atoms with E-state index in [1.54, 1.807) is 47.6 Å². The number of aliphatic hydroxyl groups excluding tert-OH is 1. The highest BCUT2D eigenvalue weighted by Gasteiger charge is 2.46. The predicted molar refractivity (Wildman–Crippen MR) is 363 cm³/mol. The number of thioether (sulfide) groups is 1. The van der Waals surface area contributed by atoms with Crippen molar-refractivity contribution in [2.24, 2.45) is 41.4 Å². The summed E-state index contributed by atoms with van der Waals surface area (Å²) in [6.07, 6.45) is 3.00. The zero-order valence-corrected chi connectivity index (χ0v) is 61.7. The van der Waals surface area contributed by atoms with Gasteiger partial charge in [0.25, 0.3) is 0 Å². The number of amides is 11. The van der Waals surface area contributed by atoms with Crippen LogP contribution in [0.5, 0.6) is 0 Å². The number of rotatable bonds is 20. The van der Waals surface area contributed by atoms with E-state index in [9.17, 15) is 29.1 Å². The monoisotopic (exact) mass is 1320 g/mol. The van der Waals surface area contributed by atoms with Gasteiger partial charge >= 0.3 is 0 Å². The van der Waals surface area contributed by atoms with Gasteiger partial charge in [-0.05, 0) is 115 Å². The first-order chi connectivity index (χ1) is 42.5. The quantitative estimate of drug-likeness (QED) is 0.0854. The summed E-state index contributed by atoms with van der Waals surface area (Å²) in [4.78, 5) is 174. The third-order valence-corrected chi connectivity index (χ3v) is 18.4. The van der Waals surface area contributed by atoms with Crippen molar-refractivity contribution in [3.63, 3.8) is 0 Å². The lowest BCUT2D eigenvalue weighted by Gasteiger charge is -2.41. The van der Waals surface area contributed by atoms with Gasteiger partial charge in [0, 0.05) is 67.4 Å². The van der Waals surface area contributed by atoms with Crippen LogP contribution in [0, 0.1) is 41.4 Å². The van der Waals surface area contributed by atoms with Crippen LogP contribution in [0.4, 0.5) is 0 Å². The summed E-state index contributed by atoms with van der Waals surface area (Å²) in [6, 6.07) is -13.7. The van der Waals surface area contributed by atoms with Crippen LogP contribution in [0.2, 0.25) is 0 Å². The number of nitrogens with zero attached hydrogens (tertiary/aromatic N) is 8. The summed E-state index contributed by atoms with van der Waals surface area (Å²) in [7, 11) is 13.9. The smallest absolute Gasteiger partial charge is 0.246 e. The van der Waals surface area contributed by atoms with E-state index in [-0.39, 0.29) is 61.5 Å². The zero-order valence-electron chi connectivity index (χ0n) is 60.9. The standard InChI is InChI=1S/C67H122N12O12S/c1-27-29-30-44(15)56(80)55-60(84)70-47(28-2)62(86)77(24)52(37-92-32-31-72(18)19)65(89)73(20)49(34-39(5)6)59(83)71-53(42(11)12)66(90)74(21)48(33-38(3)4)58(82)68-45(16)57(81)69-46(17)61(85)75(22)50(35-40(7)8)63(87)76(23)51(36-41(9)10)64(88)78(25)54(43(13)14)67(91)79(55)26/h27,29,38-56,80H,28,30-37H2,1-26H3,(H,68,82)(H,69,81)(H,70,84)(H,71,83)/t44-,45+,46-,47+,48+,49+,50+,51+,52-,53+,54+,55+,56-/m1/s1. The Morgan fingerprint density at radius 1 is 0.467 bits per heavy atom. The molecule has 0 aromatic carbocycles. The molecule has 0 spiro atoms. The minimum absolute atomic E-state index is 0.00947. The van der Waals surface area contributed by atoms with Gasteiger partial charge in [-0.1, -0.05) is 109 Å². The normalized spacial score (nSPS) is 26.7. The van der Waals surface area contributed by atoms with Crippen molar-refractivity contribution in [3.05, 3.63) is 12.2 Å². The molecule has 13 atom stereocenters. The molecule has 25 heteroatoms. The molecular weight excluding hydrogens is 1200 g/mol. The average Bonchev–Trinajstić information content (AvgIpc) is 0.861. The summed E-state index contributed by atoms with van der Waals surface area (Å²) in [6.45, 7) is 30.7. The van der Waals surface area contributed by atoms with Crippen molar-refractivity contribution in [1.29, 1.82) is 0 Å². The molecule has 0 aliphatic carbocycles. The van der Waals surface area contributed by atoms with Crippen molar-refractivity contribution in [2.45, 2.75) is 229 Å². The van der Waals surface area contributed by atoms with Crippen LogP contribution in [0.1, 0.15) is 156 Å². The lowest BCUT2D eigenvalue weighted by Crippen LogP contribution is -2.64. The number of hydrogen-bond acceptors (Lipinski definition) is 14. The van der Waals surface area contributed by atoms with Crippen molar-refractivity contribution in [3.8, 4) is 0 Å². The molecule has 5 N–H and O–H groups in total. The van der Waals surface area contributed by atoms with Gasteiger partial charge in [-0.15, -0.1) is 0 Å². The Bertz CT molecular complexity index is 2490. The van der Waals surface area contributed by atoms with Crippen LogP contribution < -0.4 is 21.3 Å². The first-order valence-electron chi connectivity index (χ1n) is 33.1. The molecule has 1 fully saturated rings. The van der Waals surface area contributed by atoms with E-state index in [2.05, 4.69) is 21.3 Å². The maximum Gasteiger partial charge on any atom is 0.246 e. The number of likely N-dealkylation sites (N-methyl/N-ethyl adjacent to an activating group) is 7. The van der Waals surface area contributed by atoms with E-state index >= 15 is 28.8 Å². The number of nitrogens with one attached hydrogen (secondary N) is 4. The predicted octanol–water partition coefficient (Wildman–Crippen LogP) is 3.93. The van der Waals surface area contributed by atoms with Crippen LogP contribution in [-0.4, -0.2) is 263 Å². The SMILES string of the molecule is CC=CC[C@@H](C)[C@@H](O)[C@H]1C(=O)N[C@@H](CC)C(=O)N(C)[C@H](CSCCN(C)C)C(=O)N(C)[C@@H](CC(C)C)C(=O)N[C@@H](C(C)C)C(=O)N(C)[C@@H](CC(C)C)C(=O)N[C@@H](C)C(=O)N[C@H](C)C(=O)N(C)[C@@H](CC(C)C)C(=O)N(C)[C@@H](CC(C)C)C(=O)N(C)[C@@H](C(C)C)C(=O)N1C. The second-order valence-electron chi connectivity index (χ2n) is 28.2. The molecule has 0 bridgehead atoms. The van der Waals surface area contributed by atoms with E-state index in [0.717, 1.165) is 4.90 Å². The Hall–Kier alpha value is -5.82. The zero-order chi connectivity index (χ0) is 71.3. The van der Waals surface area contributed by atoms with Crippen LogP contribution in [0.25, 0.3) is 0 Å². The highest BCUT2D eigenvalue weighted by Crippen LogP contribution is 2.26. The third kappa shape index (κ3) is 24.2. The van der Waals surface area contributed by atoms with Gasteiger partial charge in [0.05, 0.1) is 6.10 Å². The first kappa shape index (κ1) is 84.2. The maximum absolute atomic E-state index is 15.3. The summed E-state index contributed by atoms with van der Waals surface area (Å²) < 4.78 is 0. The molecular formula is C67H122N12O12S. The topological polar surface area (TPSA) is 282 Å². The molecule has 0 unspecified atom stereocenters. The van der Waals surface area contributed by atoms with Crippen LogP contribution in [-0.2, 0) is 52.7 Å². The summed E-state index contributed by atoms with van der Waals surface area (Å²) in [5.74, 6) is -9.09. The number of hydrogen-bond donors (Lipinski definition) is 5. The van der Waals surface area contributed by atoms with Gasteiger partial charge in [-0.25, -0.2) is 0 Å². The second-order valence-corrected chi connectivity index (χ2v) is 29.3. The molecule has 1 saturated heterocycles. The largest absolute Gasteiger partial charge is 0.390 e. The molecule has 11 amide bonds. The highest BCUT2D eigenvalue weighted by atomic mass is 32.2. The second kappa shape index (κ2) is 39.1. The fraction of sp³-hybridized carbons (Fsp3) is 0.806. The lowest BCUT2D eigenvalue weighted by atomic mass is 9.91. The van der Waals surface area contributed by atoms with Gasteiger partial charge in [0.1, 0.15) is 66.5 Å². The molecule has 92 heavy (non-hydrogen) atoms. The van der Waals surface area contributed by atoms with E-state index < -0.39 is 155 Å². The Kier molecular flexibility index (Phi) is 35.8. The van der Waals surface area contributed by atoms with E-state index in [4.69, 9.17) is 0 Å². The lowest BCUT2D eigenvalue weighted by molar-refractivity contribution is -0.157. The Morgan fingerprint density at radius 3 is 1.32 bits per heavy atom. The maximum atomic E-state index is 15.3. The van der Waals surface area contributed by atoms with Crippen molar-refractivity contribution >= 4 is 76.7 Å². The van der Waals surface area contributed by atoms with E-state index in [0.29, 0.717) is 18.7 Å². The number of carbonyl (C=O) groups is 11. The third-order valence-electron chi connectivity index (χ3n) is 17.3. The first-order valence-corrected chi connectivity index (χ1v) is 34.3. The van der Waals surface area contributed by atoms with Crippen molar-refractivity contribution in [1.82, 2.24) is 60.5 Å². The Labute approximate surface area is 556 Å². The van der Waals surface area contributed by atoms with Gasteiger partial charge in [-0.3, -0.25) is 52.7 Å². The highest BCUT2D eigenvalue weighted by molar-refractivity contribution is 7.99. The molecule has 1 heterocycles. The fourth-order valence-electron chi connectivity index (χ4n) is 11.4. The van der Waals surface area contributed by atoms with Crippen LogP contribution in [0.3, 0.4) is 0 Å². The minimum atomic E-state index is -1.63. The van der Waals surface area contributed by atoms with Gasteiger partial charge in [-0.2, -0.15) is 11.8 Å². The molecule has 528 valence electrons. The molecule has 24 nitrogen and oxygen atoms in total. The van der Waals surface area contributed by atoms with Gasteiger partial charge in [0.15, 0.2) is 0 Å². The molecule has 1 aliphatic rings.